The molecule has 0 radical (unpaired) electrons. The Labute approximate surface area is 179 Å². The molecule has 0 spiro atoms. The second kappa shape index (κ2) is 7.90. The van der Waals surface area contributed by atoms with Crippen LogP contribution < -0.4 is 5.32 Å². The number of hydrazone groups is 1. The fourth-order valence-electron chi connectivity index (χ4n) is 3.53. The summed E-state index contributed by atoms with van der Waals surface area (Å²) in [5, 5.41) is 10.3. The van der Waals surface area contributed by atoms with E-state index in [1.807, 2.05) is 42.5 Å². The van der Waals surface area contributed by atoms with Gasteiger partial charge in [-0.3, -0.25) is 0 Å². The molecule has 1 heterocycles. The average molecular weight is 424 g/mol. The molecule has 4 rings (SSSR count). The Balaban J connectivity index is 1.69. The van der Waals surface area contributed by atoms with E-state index in [0.717, 1.165) is 16.8 Å². The number of nitrogens with one attached hydrogen (secondary N) is 1. The zero-order valence-electron chi connectivity index (χ0n) is 15.8. The number of carbonyl (C=O) groups is 1. The fourth-order valence-corrected chi connectivity index (χ4v) is 3.85. The van der Waals surface area contributed by atoms with Crippen LogP contribution in [0.1, 0.15) is 18.1 Å². The van der Waals surface area contributed by atoms with Gasteiger partial charge in [-0.15, -0.1) is 0 Å². The molecule has 0 aromatic heterocycles. The van der Waals surface area contributed by atoms with Crippen LogP contribution in [0.5, 0.6) is 0 Å². The molecule has 0 bridgehead atoms. The van der Waals surface area contributed by atoms with E-state index in [-0.39, 0.29) is 6.03 Å². The predicted octanol–water partition coefficient (Wildman–Crippen LogP) is 6.20. The average Bonchev–Trinajstić information content (AvgIpc) is 3.08. The lowest BCUT2D eigenvalue weighted by atomic mass is 9.76. The van der Waals surface area contributed by atoms with E-state index in [0.29, 0.717) is 22.3 Å². The molecule has 1 aliphatic heterocycles. The second-order valence-electron chi connectivity index (χ2n) is 7.15. The zero-order valence-corrected chi connectivity index (χ0v) is 17.3. The first-order chi connectivity index (χ1) is 14.0. The molecular formula is C23H19Cl2N3O. The van der Waals surface area contributed by atoms with Crippen molar-refractivity contribution in [2.45, 2.75) is 12.3 Å². The van der Waals surface area contributed by atoms with Gasteiger partial charge in [0.1, 0.15) is 0 Å². The minimum absolute atomic E-state index is 0.307. The minimum atomic E-state index is -0.458. The van der Waals surface area contributed by atoms with E-state index < -0.39 is 5.41 Å². The number of hydrogen-bond acceptors (Lipinski definition) is 2. The summed E-state index contributed by atoms with van der Waals surface area (Å²) < 4.78 is 0. The van der Waals surface area contributed by atoms with E-state index in [2.05, 4.69) is 24.4 Å². The number of anilines is 1. The molecule has 1 N–H and O–H groups in total. The molecule has 0 aliphatic carbocycles. The number of carbonyl (C=O) groups excluding carboxylic acids is 1. The molecule has 3 aromatic rings. The molecule has 0 saturated heterocycles. The van der Waals surface area contributed by atoms with Gasteiger partial charge in [0, 0.05) is 15.7 Å². The number of hydrogen-bond donors (Lipinski definition) is 1. The van der Waals surface area contributed by atoms with Crippen LogP contribution in [0.15, 0.2) is 84.0 Å². The maximum absolute atomic E-state index is 12.9. The predicted molar refractivity (Wildman–Crippen MR) is 119 cm³/mol. The molecule has 1 unspecified atom stereocenters. The van der Waals surface area contributed by atoms with Gasteiger partial charge >= 0.3 is 6.03 Å². The minimum Gasteiger partial charge on any atom is -0.306 e. The summed E-state index contributed by atoms with van der Waals surface area (Å²) in [4.78, 5) is 12.9. The van der Waals surface area contributed by atoms with Gasteiger partial charge in [0.15, 0.2) is 0 Å². The number of urea groups is 1. The molecule has 2 amide bonds. The van der Waals surface area contributed by atoms with E-state index in [9.17, 15) is 4.79 Å². The van der Waals surface area contributed by atoms with Gasteiger partial charge in [0.2, 0.25) is 0 Å². The van der Waals surface area contributed by atoms with Crippen molar-refractivity contribution >= 4 is 40.6 Å². The maximum Gasteiger partial charge on any atom is 0.342 e. The third kappa shape index (κ3) is 4.00. The Kier molecular flexibility index (Phi) is 5.31. The molecular weight excluding hydrogens is 405 g/mol. The largest absolute Gasteiger partial charge is 0.342 e. The van der Waals surface area contributed by atoms with Gasteiger partial charge in [-0.1, -0.05) is 71.7 Å². The summed E-state index contributed by atoms with van der Waals surface area (Å²) in [5.41, 5.74) is 3.01. The zero-order chi connectivity index (χ0) is 20.4. The van der Waals surface area contributed by atoms with Crippen molar-refractivity contribution in [2.24, 2.45) is 5.10 Å². The first-order valence-corrected chi connectivity index (χ1v) is 9.96. The van der Waals surface area contributed by atoms with Gasteiger partial charge in [0.25, 0.3) is 0 Å². The second-order valence-corrected chi connectivity index (χ2v) is 8.02. The molecule has 1 atom stereocenters. The standard InChI is InChI=1S/C23H19Cl2N3O/c1-23(17-6-3-2-4-7-17)15-28(22(29)26-20-9-5-8-19(25)14-20)27-21(23)16-10-12-18(24)13-11-16/h2-14H,15H2,1H3,(H,26,29). The topological polar surface area (TPSA) is 44.7 Å². The third-order valence-corrected chi connectivity index (χ3v) is 5.54. The van der Waals surface area contributed by atoms with Crippen molar-refractivity contribution in [1.82, 2.24) is 5.01 Å². The maximum atomic E-state index is 12.9. The van der Waals surface area contributed by atoms with Crippen LogP contribution in [-0.4, -0.2) is 23.3 Å². The number of amides is 2. The van der Waals surface area contributed by atoms with Gasteiger partial charge in [-0.05, 0) is 48.4 Å². The van der Waals surface area contributed by atoms with Crippen LogP contribution in [0.4, 0.5) is 10.5 Å². The number of rotatable bonds is 3. The van der Waals surface area contributed by atoms with Crippen molar-refractivity contribution in [2.75, 3.05) is 11.9 Å². The number of nitrogens with zero attached hydrogens (tertiary/aromatic N) is 2. The summed E-state index contributed by atoms with van der Waals surface area (Å²) in [6, 6.07) is 24.4. The normalized spacial score (nSPS) is 18.4. The third-order valence-electron chi connectivity index (χ3n) is 5.05. The number of halogens is 2. The van der Waals surface area contributed by atoms with Gasteiger partial charge in [0.05, 0.1) is 17.7 Å². The van der Waals surface area contributed by atoms with E-state index >= 15 is 0 Å². The van der Waals surface area contributed by atoms with Crippen LogP contribution in [0.3, 0.4) is 0 Å². The highest BCUT2D eigenvalue weighted by Crippen LogP contribution is 2.35. The van der Waals surface area contributed by atoms with E-state index in [4.69, 9.17) is 28.3 Å². The summed E-state index contributed by atoms with van der Waals surface area (Å²) >= 11 is 12.1. The van der Waals surface area contributed by atoms with Crippen LogP contribution in [0.2, 0.25) is 10.0 Å². The van der Waals surface area contributed by atoms with Gasteiger partial charge < -0.3 is 5.32 Å². The first-order valence-electron chi connectivity index (χ1n) is 9.20. The summed E-state index contributed by atoms with van der Waals surface area (Å²) in [6.07, 6.45) is 0. The first kappa shape index (κ1) is 19.5. The summed E-state index contributed by atoms with van der Waals surface area (Å²) in [6.45, 7) is 2.52. The fraction of sp³-hybridized carbons (Fsp3) is 0.130. The van der Waals surface area contributed by atoms with Gasteiger partial charge in [-0.2, -0.15) is 5.10 Å². The highest BCUT2D eigenvalue weighted by atomic mass is 35.5. The Morgan fingerprint density at radius 3 is 2.38 bits per heavy atom. The smallest absolute Gasteiger partial charge is 0.306 e. The van der Waals surface area contributed by atoms with Crippen LogP contribution in [-0.2, 0) is 5.41 Å². The molecule has 4 nitrogen and oxygen atoms in total. The van der Waals surface area contributed by atoms with Crippen molar-refractivity contribution in [1.29, 1.82) is 0 Å². The van der Waals surface area contributed by atoms with Crippen molar-refractivity contribution < 1.29 is 4.79 Å². The highest BCUT2D eigenvalue weighted by molar-refractivity contribution is 6.31. The lowest BCUT2D eigenvalue weighted by molar-refractivity contribution is 0.214. The van der Waals surface area contributed by atoms with Gasteiger partial charge in [-0.25, -0.2) is 9.80 Å². The van der Waals surface area contributed by atoms with Crippen LogP contribution >= 0.6 is 23.2 Å². The Morgan fingerprint density at radius 1 is 0.966 bits per heavy atom. The highest BCUT2D eigenvalue weighted by Gasteiger charge is 2.42. The van der Waals surface area contributed by atoms with E-state index in [1.165, 1.54) is 5.01 Å². The monoisotopic (exact) mass is 423 g/mol. The molecule has 3 aromatic carbocycles. The van der Waals surface area contributed by atoms with Crippen molar-refractivity contribution in [3.63, 3.8) is 0 Å². The SMILES string of the molecule is CC1(c2ccccc2)CN(C(=O)Nc2cccc(Cl)c2)N=C1c1ccc(Cl)cc1. The molecule has 0 saturated carbocycles. The van der Waals surface area contributed by atoms with Crippen LogP contribution in [0, 0.1) is 0 Å². The Bertz CT molecular complexity index is 1070. The summed E-state index contributed by atoms with van der Waals surface area (Å²) in [7, 11) is 0. The molecule has 0 fully saturated rings. The molecule has 146 valence electrons. The Hall–Kier alpha value is -2.82. The van der Waals surface area contributed by atoms with E-state index in [1.54, 1.807) is 24.3 Å². The lowest BCUT2D eigenvalue weighted by Gasteiger charge is -2.27. The lowest BCUT2D eigenvalue weighted by Crippen LogP contribution is -2.38. The summed E-state index contributed by atoms with van der Waals surface area (Å²) in [5.74, 6) is 0. The molecule has 29 heavy (non-hydrogen) atoms. The Morgan fingerprint density at radius 2 is 1.69 bits per heavy atom. The van der Waals surface area contributed by atoms with Crippen molar-refractivity contribution in [3.05, 3.63) is 100 Å². The quantitative estimate of drug-likeness (QED) is 0.534. The molecule has 1 aliphatic rings. The molecule has 6 heteroatoms. The van der Waals surface area contributed by atoms with Crippen LogP contribution in [0.25, 0.3) is 0 Å². The van der Waals surface area contributed by atoms with Crippen molar-refractivity contribution in [3.8, 4) is 0 Å². The number of benzene rings is 3.